The van der Waals surface area contributed by atoms with E-state index in [4.69, 9.17) is 0 Å². The quantitative estimate of drug-likeness (QED) is 0.671. The van der Waals surface area contributed by atoms with Gasteiger partial charge < -0.3 is 4.90 Å². The van der Waals surface area contributed by atoms with Gasteiger partial charge in [0.2, 0.25) is 0 Å². The van der Waals surface area contributed by atoms with E-state index < -0.39 is 0 Å². The van der Waals surface area contributed by atoms with Gasteiger partial charge in [-0.25, -0.2) is 4.98 Å². The van der Waals surface area contributed by atoms with Gasteiger partial charge in [0, 0.05) is 23.4 Å². The molecule has 0 radical (unpaired) electrons. The summed E-state index contributed by atoms with van der Waals surface area (Å²) in [6.07, 6.45) is 3.26. The number of hydrogen-bond acceptors (Lipinski definition) is 5. The number of aromatic nitrogens is 1. The number of piperidine rings is 1. The molecule has 5 heteroatoms. The van der Waals surface area contributed by atoms with Crippen LogP contribution in [-0.4, -0.2) is 29.2 Å². The Kier molecular flexibility index (Phi) is 1.02. The summed E-state index contributed by atoms with van der Waals surface area (Å²) < 4.78 is 0. The van der Waals surface area contributed by atoms with E-state index in [-0.39, 0.29) is 0 Å². The normalized spacial score (nSPS) is 52.7. The lowest BCUT2D eigenvalue weighted by Gasteiger charge is -2.27. The van der Waals surface area contributed by atoms with Crippen molar-refractivity contribution in [3.63, 3.8) is 0 Å². The number of thiazole rings is 1. The van der Waals surface area contributed by atoms with E-state index in [0.29, 0.717) is 12.1 Å². The second kappa shape index (κ2) is 2.09. The first-order valence-electron chi connectivity index (χ1n) is 5.53. The fraction of sp³-hybridized carbons (Fsp3) is 0.700. The summed E-state index contributed by atoms with van der Waals surface area (Å²) in [4.78, 5) is 6.92. The Bertz CT molecular complexity index is 432. The fourth-order valence-electron chi connectivity index (χ4n) is 3.96. The van der Waals surface area contributed by atoms with Crippen LogP contribution in [0, 0.1) is 11.8 Å². The molecule has 3 heterocycles. The largest absolute Gasteiger partial charge is 0.337 e. The van der Waals surface area contributed by atoms with Crippen molar-refractivity contribution in [2.24, 2.45) is 22.1 Å². The lowest BCUT2D eigenvalue weighted by atomic mass is 9.90. The number of nitrogens with zero attached hydrogens (tertiary/aromatic N) is 4. The maximum absolute atomic E-state index is 4.41. The highest BCUT2D eigenvalue weighted by Gasteiger charge is 2.73. The van der Waals surface area contributed by atoms with Crippen molar-refractivity contribution in [2.75, 3.05) is 4.90 Å². The van der Waals surface area contributed by atoms with Crippen LogP contribution in [0.3, 0.4) is 0 Å². The van der Waals surface area contributed by atoms with Crippen molar-refractivity contribution in [3.8, 4) is 0 Å². The molecule has 0 aromatic carbocycles. The molecule has 2 saturated carbocycles. The zero-order chi connectivity index (χ0) is 9.57. The Morgan fingerprint density at radius 1 is 1.20 bits per heavy atom. The van der Waals surface area contributed by atoms with Gasteiger partial charge in [0.05, 0.1) is 12.1 Å². The highest BCUT2D eigenvalue weighted by Crippen LogP contribution is 2.63. The molecule has 2 bridgehead atoms. The molecule has 4 nitrogen and oxygen atoms in total. The predicted octanol–water partition coefficient (Wildman–Crippen LogP) is 1.55. The van der Waals surface area contributed by atoms with Gasteiger partial charge in [0.15, 0.2) is 5.13 Å². The Morgan fingerprint density at radius 3 is 2.47 bits per heavy atom. The van der Waals surface area contributed by atoms with Gasteiger partial charge in [-0.05, 0) is 6.42 Å². The SMILES string of the molecule is c1csc(N2[C@@H]3[C@@H]4C[C@@H]([C@H]5N=N[C@@H]45)[C@@H]32)n1. The monoisotopic (exact) mass is 218 g/mol. The van der Waals surface area contributed by atoms with E-state index in [0.717, 1.165) is 23.9 Å². The van der Waals surface area contributed by atoms with Crippen molar-refractivity contribution in [1.82, 2.24) is 4.98 Å². The fourth-order valence-corrected chi connectivity index (χ4v) is 4.69. The zero-order valence-electron chi connectivity index (χ0n) is 8.02. The molecule has 3 fully saturated rings. The molecule has 6 atom stereocenters. The van der Waals surface area contributed by atoms with E-state index in [9.17, 15) is 0 Å². The van der Waals surface area contributed by atoms with Gasteiger partial charge in [-0.3, -0.25) is 0 Å². The summed E-state index contributed by atoms with van der Waals surface area (Å²) >= 11 is 1.76. The van der Waals surface area contributed by atoms with Gasteiger partial charge in [0.25, 0.3) is 0 Å². The molecule has 4 aliphatic rings. The molecule has 76 valence electrons. The first-order chi connectivity index (χ1) is 7.45. The molecule has 1 aromatic rings. The van der Waals surface area contributed by atoms with Crippen LogP contribution in [0.4, 0.5) is 5.13 Å². The molecule has 1 aromatic heterocycles. The minimum atomic E-state index is 0.571. The minimum Gasteiger partial charge on any atom is -0.337 e. The van der Waals surface area contributed by atoms with E-state index in [1.54, 1.807) is 11.3 Å². The zero-order valence-corrected chi connectivity index (χ0v) is 8.84. The molecular weight excluding hydrogens is 208 g/mol. The number of azo groups is 1. The van der Waals surface area contributed by atoms with E-state index in [2.05, 4.69) is 25.5 Å². The third-order valence-electron chi connectivity index (χ3n) is 4.53. The smallest absolute Gasteiger partial charge is 0.185 e. The van der Waals surface area contributed by atoms with Gasteiger partial charge in [-0.15, -0.1) is 11.3 Å². The Hall–Kier alpha value is -0.970. The number of hydrogen-bond donors (Lipinski definition) is 0. The Labute approximate surface area is 91.0 Å². The minimum absolute atomic E-state index is 0.571. The predicted molar refractivity (Wildman–Crippen MR) is 56.2 cm³/mol. The number of fused-ring (bicyclic) bond motifs is 8. The number of anilines is 1. The Morgan fingerprint density at radius 2 is 1.93 bits per heavy atom. The summed E-state index contributed by atoms with van der Waals surface area (Å²) in [7, 11) is 0. The van der Waals surface area contributed by atoms with Crippen LogP contribution in [0.1, 0.15) is 6.42 Å². The molecular formula is C10H10N4S. The van der Waals surface area contributed by atoms with E-state index in [1.807, 2.05) is 6.20 Å². The molecule has 2 aliphatic heterocycles. The first kappa shape index (κ1) is 7.33. The molecule has 5 rings (SSSR count). The molecule has 0 N–H and O–H groups in total. The topological polar surface area (TPSA) is 40.6 Å². The highest BCUT2D eigenvalue weighted by molar-refractivity contribution is 7.13. The van der Waals surface area contributed by atoms with Gasteiger partial charge >= 0.3 is 0 Å². The lowest BCUT2D eigenvalue weighted by molar-refractivity contribution is 0.315. The molecule has 1 saturated heterocycles. The van der Waals surface area contributed by atoms with Crippen molar-refractivity contribution < 1.29 is 0 Å². The molecule has 2 aliphatic carbocycles. The van der Waals surface area contributed by atoms with Crippen LogP contribution in [0.5, 0.6) is 0 Å². The van der Waals surface area contributed by atoms with Crippen molar-refractivity contribution in [1.29, 1.82) is 0 Å². The van der Waals surface area contributed by atoms with E-state index >= 15 is 0 Å². The average molecular weight is 218 g/mol. The third-order valence-corrected chi connectivity index (χ3v) is 5.31. The van der Waals surface area contributed by atoms with Crippen molar-refractivity contribution >= 4 is 16.5 Å². The number of rotatable bonds is 1. The standard InChI is InChI=1S/C10H10N4S/c1-2-15-10(11-1)14-8-4-3-5(9(8)14)7-6(4)12-13-7/h1-2,4-9H,3H2/t4-,5+,6+,7-,8-,9+,14?. The Balaban J connectivity index is 1.55. The van der Waals surface area contributed by atoms with Crippen LogP contribution in [0.15, 0.2) is 21.8 Å². The molecule has 0 amide bonds. The van der Waals surface area contributed by atoms with Crippen LogP contribution < -0.4 is 4.90 Å². The maximum atomic E-state index is 4.41. The first-order valence-corrected chi connectivity index (χ1v) is 6.41. The second-order valence-electron chi connectivity index (χ2n) is 4.98. The highest BCUT2D eigenvalue weighted by atomic mass is 32.1. The third kappa shape index (κ3) is 0.659. The molecule has 0 unspecified atom stereocenters. The summed E-state index contributed by atoms with van der Waals surface area (Å²) in [6.45, 7) is 0. The van der Waals surface area contributed by atoms with Gasteiger partial charge in [0.1, 0.15) is 12.1 Å². The van der Waals surface area contributed by atoms with E-state index in [1.165, 1.54) is 11.6 Å². The lowest BCUT2D eigenvalue weighted by Crippen LogP contribution is -2.39. The summed E-state index contributed by atoms with van der Waals surface area (Å²) in [5, 5.41) is 11.8. The van der Waals surface area contributed by atoms with Crippen LogP contribution in [-0.2, 0) is 0 Å². The maximum Gasteiger partial charge on any atom is 0.185 e. The van der Waals surface area contributed by atoms with Crippen LogP contribution >= 0.6 is 11.3 Å². The molecule has 15 heavy (non-hydrogen) atoms. The van der Waals surface area contributed by atoms with Crippen LogP contribution in [0.2, 0.25) is 0 Å². The van der Waals surface area contributed by atoms with Crippen LogP contribution in [0.25, 0.3) is 0 Å². The van der Waals surface area contributed by atoms with Gasteiger partial charge in [-0.1, -0.05) is 0 Å². The molecule has 0 spiro atoms. The second-order valence-corrected chi connectivity index (χ2v) is 5.85. The summed E-state index contributed by atoms with van der Waals surface area (Å²) in [5.74, 6) is 1.57. The van der Waals surface area contributed by atoms with Gasteiger partial charge in [-0.2, -0.15) is 10.2 Å². The summed E-state index contributed by atoms with van der Waals surface area (Å²) in [5.41, 5.74) is 0. The van der Waals surface area contributed by atoms with Crippen molar-refractivity contribution in [2.45, 2.75) is 30.6 Å². The summed E-state index contributed by atoms with van der Waals surface area (Å²) in [6, 6.07) is 2.64. The average Bonchev–Trinajstić information content (AvgIpc) is 2.58. The van der Waals surface area contributed by atoms with Crippen molar-refractivity contribution in [3.05, 3.63) is 11.6 Å².